The number of nitrogens with one attached hydrogen (secondary N) is 2. The van der Waals surface area contributed by atoms with Crippen molar-refractivity contribution in [3.63, 3.8) is 0 Å². The zero-order chi connectivity index (χ0) is 23.3. The van der Waals surface area contributed by atoms with Gasteiger partial charge in [-0.2, -0.15) is 0 Å². The average Bonchev–Trinajstić information content (AvgIpc) is 3.13. The monoisotopic (exact) mass is 491 g/mol. The van der Waals surface area contributed by atoms with Crippen LogP contribution >= 0.6 is 35.0 Å². The predicted molar refractivity (Wildman–Crippen MR) is 130 cm³/mol. The summed E-state index contributed by atoms with van der Waals surface area (Å²) < 4.78 is 1.82. The molecule has 10 heteroatoms. The van der Waals surface area contributed by atoms with Crippen LogP contribution in [0.3, 0.4) is 0 Å². The number of aromatic nitrogens is 3. The minimum Gasteiger partial charge on any atom is -0.326 e. The van der Waals surface area contributed by atoms with E-state index in [0.29, 0.717) is 33.3 Å². The van der Waals surface area contributed by atoms with Crippen LogP contribution in [-0.4, -0.2) is 32.3 Å². The smallest absolute Gasteiger partial charge is 0.234 e. The predicted octanol–water partition coefficient (Wildman–Crippen LogP) is 5.13. The molecule has 0 atom stereocenters. The molecular weight excluding hydrogens is 469 g/mol. The molecule has 3 aromatic rings. The lowest BCUT2D eigenvalue weighted by Gasteiger charge is -2.10. The van der Waals surface area contributed by atoms with Crippen LogP contribution in [0, 0.1) is 13.8 Å². The summed E-state index contributed by atoms with van der Waals surface area (Å²) in [5, 5.41) is 15.2. The average molecular weight is 492 g/mol. The molecule has 1 heterocycles. The van der Waals surface area contributed by atoms with Crippen molar-refractivity contribution >= 4 is 58.2 Å². The Bertz CT molecular complexity index is 1150. The Kier molecular flexibility index (Phi) is 8.17. The maximum atomic E-state index is 12.5. The lowest BCUT2D eigenvalue weighted by molar-refractivity contribution is -0.116. The number of benzene rings is 2. The molecule has 2 amide bonds. The number of hydrogen-bond acceptors (Lipinski definition) is 5. The minimum atomic E-state index is -0.251. The van der Waals surface area contributed by atoms with Crippen molar-refractivity contribution in [3.8, 4) is 0 Å². The molecule has 2 aromatic carbocycles. The molecule has 0 saturated heterocycles. The van der Waals surface area contributed by atoms with Crippen LogP contribution in [0.4, 0.5) is 11.4 Å². The van der Waals surface area contributed by atoms with Crippen LogP contribution < -0.4 is 10.6 Å². The van der Waals surface area contributed by atoms with E-state index in [0.717, 1.165) is 16.8 Å². The molecule has 1 aromatic heterocycles. The van der Waals surface area contributed by atoms with Gasteiger partial charge in [-0.15, -0.1) is 10.2 Å². The normalized spacial score (nSPS) is 10.8. The fourth-order valence-electron chi connectivity index (χ4n) is 2.96. The highest BCUT2D eigenvalue weighted by Crippen LogP contribution is 2.29. The second-order valence-corrected chi connectivity index (χ2v) is 8.83. The maximum Gasteiger partial charge on any atom is 0.234 e. The van der Waals surface area contributed by atoms with Crippen LogP contribution in [0.5, 0.6) is 0 Å². The molecule has 0 bridgehead atoms. The van der Waals surface area contributed by atoms with Crippen LogP contribution in [0.25, 0.3) is 0 Å². The quantitative estimate of drug-likeness (QED) is 0.426. The van der Waals surface area contributed by atoms with Crippen LogP contribution in [0.1, 0.15) is 23.9 Å². The van der Waals surface area contributed by atoms with Gasteiger partial charge >= 0.3 is 0 Å². The van der Waals surface area contributed by atoms with Crippen molar-refractivity contribution in [2.24, 2.45) is 0 Å². The molecular formula is C22H23Cl2N5O2S. The van der Waals surface area contributed by atoms with E-state index in [2.05, 4.69) is 20.8 Å². The SMILES string of the molecule is CCn1c(CC(=O)Nc2ccc(C)c(C)c2)nnc1SCC(=O)Nc1cccc(Cl)c1Cl. The number of hydrogen-bond donors (Lipinski definition) is 2. The summed E-state index contributed by atoms with van der Waals surface area (Å²) in [5.74, 6) is 0.212. The third-order valence-corrected chi connectivity index (χ3v) is 6.56. The first-order valence-corrected chi connectivity index (χ1v) is 11.7. The molecule has 0 aliphatic rings. The highest BCUT2D eigenvalue weighted by Gasteiger charge is 2.17. The number of nitrogens with zero attached hydrogens (tertiary/aromatic N) is 3. The Morgan fingerprint density at radius 1 is 1.03 bits per heavy atom. The van der Waals surface area contributed by atoms with Gasteiger partial charge < -0.3 is 15.2 Å². The van der Waals surface area contributed by atoms with Crippen LogP contribution in [0.15, 0.2) is 41.6 Å². The second-order valence-electron chi connectivity index (χ2n) is 7.11. The van der Waals surface area contributed by atoms with Gasteiger partial charge in [0.1, 0.15) is 5.82 Å². The molecule has 0 fully saturated rings. The number of aryl methyl sites for hydroxylation is 2. The summed E-state index contributed by atoms with van der Waals surface area (Å²) in [5.41, 5.74) is 3.46. The fourth-order valence-corrected chi connectivity index (χ4v) is 4.13. The molecule has 0 spiro atoms. The van der Waals surface area contributed by atoms with Gasteiger partial charge in [0.15, 0.2) is 5.16 Å². The van der Waals surface area contributed by atoms with Crippen molar-refractivity contribution in [1.82, 2.24) is 14.8 Å². The molecule has 7 nitrogen and oxygen atoms in total. The topological polar surface area (TPSA) is 88.9 Å². The Labute approximate surface area is 200 Å². The van der Waals surface area contributed by atoms with E-state index in [4.69, 9.17) is 23.2 Å². The number of halogens is 2. The van der Waals surface area contributed by atoms with Gasteiger partial charge in [0.05, 0.1) is 27.9 Å². The van der Waals surface area contributed by atoms with Crippen molar-refractivity contribution in [2.45, 2.75) is 38.9 Å². The molecule has 168 valence electrons. The molecule has 32 heavy (non-hydrogen) atoms. The summed E-state index contributed by atoms with van der Waals surface area (Å²) in [4.78, 5) is 24.8. The van der Waals surface area contributed by atoms with E-state index in [-0.39, 0.29) is 24.0 Å². The summed E-state index contributed by atoms with van der Waals surface area (Å²) in [6.45, 7) is 6.53. The number of thioether (sulfide) groups is 1. The summed E-state index contributed by atoms with van der Waals surface area (Å²) >= 11 is 13.3. The standard InChI is InChI=1S/C22H23Cl2N5O2S/c1-4-29-18(11-19(30)25-15-9-8-13(2)14(3)10-15)27-28-22(29)32-12-20(31)26-17-7-5-6-16(23)21(17)24/h5-10H,4,11-12H2,1-3H3,(H,25,30)(H,26,31). The fraction of sp³-hybridized carbons (Fsp3) is 0.273. The largest absolute Gasteiger partial charge is 0.326 e. The molecule has 0 radical (unpaired) electrons. The van der Waals surface area contributed by atoms with Crippen LogP contribution in [0.2, 0.25) is 10.0 Å². The third-order valence-electron chi connectivity index (χ3n) is 4.78. The van der Waals surface area contributed by atoms with E-state index in [9.17, 15) is 9.59 Å². The second kappa shape index (κ2) is 10.8. The van der Waals surface area contributed by atoms with Gasteiger partial charge in [-0.1, -0.05) is 47.1 Å². The zero-order valence-corrected chi connectivity index (χ0v) is 20.2. The van der Waals surface area contributed by atoms with Crippen molar-refractivity contribution in [2.75, 3.05) is 16.4 Å². The van der Waals surface area contributed by atoms with Crippen molar-refractivity contribution in [1.29, 1.82) is 0 Å². The molecule has 0 aliphatic heterocycles. The molecule has 0 saturated carbocycles. The Balaban J connectivity index is 1.60. The van der Waals surface area contributed by atoms with E-state index in [1.165, 1.54) is 11.8 Å². The molecule has 2 N–H and O–H groups in total. The van der Waals surface area contributed by atoms with E-state index in [1.807, 2.05) is 43.5 Å². The molecule has 3 rings (SSSR count). The highest BCUT2D eigenvalue weighted by atomic mass is 35.5. The highest BCUT2D eigenvalue weighted by molar-refractivity contribution is 7.99. The van der Waals surface area contributed by atoms with Gasteiger partial charge in [0.2, 0.25) is 11.8 Å². The van der Waals surface area contributed by atoms with Crippen LogP contribution in [-0.2, 0) is 22.6 Å². The number of anilines is 2. The molecule has 0 aliphatic carbocycles. The van der Waals surface area contributed by atoms with Gasteiger partial charge in [0.25, 0.3) is 0 Å². The first-order valence-electron chi connectivity index (χ1n) is 9.94. The minimum absolute atomic E-state index is 0.0820. The summed E-state index contributed by atoms with van der Waals surface area (Å²) in [6, 6.07) is 10.8. The van der Waals surface area contributed by atoms with Crippen molar-refractivity contribution < 1.29 is 9.59 Å². The lowest BCUT2D eigenvalue weighted by Crippen LogP contribution is -2.18. The van der Waals surface area contributed by atoms with E-state index >= 15 is 0 Å². The number of carbonyl (C=O) groups is 2. The zero-order valence-electron chi connectivity index (χ0n) is 17.9. The first kappa shape index (κ1) is 24.1. The summed E-state index contributed by atoms with van der Waals surface area (Å²) in [7, 11) is 0. The van der Waals surface area contributed by atoms with Gasteiger partial charge in [0, 0.05) is 12.2 Å². The summed E-state index contributed by atoms with van der Waals surface area (Å²) in [6.07, 6.45) is 0.0820. The lowest BCUT2D eigenvalue weighted by atomic mass is 10.1. The number of rotatable bonds is 8. The Morgan fingerprint density at radius 2 is 1.81 bits per heavy atom. The number of carbonyl (C=O) groups excluding carboxylic acids is 2. The molecule has 0 unspecified atom stereocenters. The van der Waals surface area contributed by atoms with E-state index < -0.39 is 0 Å². The van der Waals surface area contributed by atoms with Gasteiger partial charge in [-0.05, 0) is 56.2 Å². The third kappa shape index (κ3) is 6.03. The van der Waals surface area contributed by atoms with E-state index in [1.54, 1.807) is 18.2 Å². The number of amides is 2. The maximum absolute atomic E-state index is 12.5. The van der Waals surface area contributed by atoms with Gasteiger partial charge in [-0.3, -0.25) is 9.59 Å². The van der Waals surface area contributed by atoms with Crippen molar-refractivity contribution in [3.05, 3.63) is 63.4 Å². The Morgan fingerprint density at radius 3 is 2.53 bits per heavy atom. The Hall–Kier alpha value is -2.55. The van der Waals surface area contributed by atoms with Gasteiger partial charge in [-0.25, -0.2) is 0 Å². The first-order chi connectivity index (χ1) is 15.3.